The summed E-state index contributed by atoms with van der Waals surface area (Å²) in [5.41, 5.74) is 2.42. The average Bonchev–Trinajstić information content (AvgIpc) is 2.41. The largest absolute Gasteiger partial charge is 0.345 e. The zero-order chi connectivity index (χ0) is 14.6. The molecule has 0 saturated carbocycles. The van der Waals surface area contributed by atoms with Crippen molar-refractivity contribution in [2.75, 3.05) is 0 Å². The van der Waals surface area contributed by atoms with Crippen molar-refractivity contribution in [2.24, 2.45) is 0 Å². The van der Waals surface area contributed by atoms with Gasteiger partial charge in [-0.3, -0.25) is 9.78 Å². The Morgan fingerprint density at radius 3 is 2.50 bits per heavy atom. The number of rotatable bonds is 4. The van der Waals surface area contributed by atoms with Crippen molar-refractivity contribution in [1.29, 1.82) is 0 Å². The van der Waals surface area contributed by atoms with Gasteiger partial charge in [0.15, 0.2) is 0 Å². The molecule has 1 heterocycles. The van der Waals surface area contributed by atoms with Crippen LogP contribution in [0.2, 0.25) is 0 Å². The molecule has 0 atom stereocenters. The molecule has 1 amide bonds. The summed E-state index contributed by atoms with van der Waals surface area (Å²) >= 11 is 0. The van der Waals surface area contributed by atoms with Gasteiger partial charge < -0.3 is 5.32 Å². The molecule has 2 aromatic rings. The first-order chi connectivity index (χ1) is 9.46. The monoisotopic (exact) mass is 269 g/mol. The molecule has 0 fully saturated rings. The fourth-order valence-electron chi connectivity index (χ4n) is 2.05. The Morgan fingerprint density at radius 1 is 1.20 bits per heavy atom. The van der Waals surface area contributed by atoms with Gasteiger partial charge in [-0.25, -0.2) is 4.98 Å². The molecule has 0 aliphatic rings. The van der Waals surface area contributed by atoms with Crippen molar-refractivity contribution < 1.29 is 4.79 Å². The number of benzene rings is 1. The van der Waals surface area contributed by atoms with Gasteiger partial charge in [-0.2, -0.15) is 0 Å². The first-order valence-corrected chi connectivity index (χ1v) is 6.60. The molecule has 0 unspecified atom stereocenters. The maximum absolute atomic E-state index is 12.1. The molecule has 4 heteroatoms. The lowest BCUT2D eigenvalue weighted by molar-refractivity contribution is 0.0907. The first kappa shape index (κ1) is 14.2. The Kier molecular flexibility index (Phi) is 4.13. The average molecular weight is 269 g/mol. The molecule has 0 aliphatic heterocycles. The number of carbonyl (C=O) groups excluding carboxylic acids is 1. The van der Waals surface area contributed by atoms with E-state index in [1.807, 2.05) is 13.8 Å². The SMILES string of the molecule is Cc1ccc(CC(C)(C)NC(=O)c2cnccn2)cc1. The van der Waals surface area contributed by atoms with Crippen LogP contribution < -0.4 is 5.32 Å². The van der Waals surface area contributed by atoms with Gasteiger partial charge in [0.1, 0.15) is 5.69 Å². The molecule has 104 valence electrons. The van der Waals surface area contributed by atoms with Crippen LogP contribution in [0.1, 0.15) is 35.5 Å². The third kappa shape index (κ3) is 3.88. The Balaban J connectivity index is 2.03. The third-order valence-electron chi connectivity index (χ3n) is 3.01. The lowest BCUT2D eigenvalue weighted by Gasteiger charge is -2.26. The molecule has 0 bridgehead atoms. The summed E-state index contributed by atoms with van der Waals surface area (Å²) in [5.74, 6) is -0.199. The van der Waals surface area contributed by atoms with E-state index in [1.54, 1.807) is 6.20 Å². The number of aryl methyl sites for hydroxylation is 1. The number of nitrogens with one attached hydrogen (secondary N) is 1. The Morgan fingerprint density at radius 2 is 1.90 bits per heavy atom. The van der Waals surface area contributed by atoms with Crippen LogP contribution in [0.15, 0.2) is 42.9 Å². The minimum absolute atomic E-state index is 0.199. The number of nitrogens with zero attached hydrogens (tertiary/aromatic N) is 2. The predicted octanol–water partition coefficient (Wildman–Crippen LogP) is 2.54. The summed E-state index contributed by atoms with van der Waals surface area (Å²) in [6.07, 6.45) is 5.30. The van der Waals surface area contributed by atoms with Crippen molar-refractivity contribution in [3.63, 3.8) is 0 Å². The maximum Gasteiger partial charge on any atom is 0.271 e. The first-order valence-electron chi connectivity index (χ1n) is 6.60. The Bertz CT molecular complexity index is 576. The summed E-state index contributed by atoms with van der Waals surface area (Å²) in [7, 11) is 0. The zero-order valence-electron chi connectivity index (χ0n) is 12.1. The van der Waals surface area contributed by atoms with Crippen molar-refractivity contribution in [3.05, 3.63) is 59.7 Å². The highest BCUT2D eigenvalue weighted by atomic mass is 16.2. The standard InChI is InChI=1S/C16H19N3O/c1-12-4-6-13(7-5-12)10-16(2,3)19-15(20)14-11-17-8-9-18-14/h4-9,11H,10H2,1-3H3,(H,19,20). The number of hydrogen-bond acceptors (Lipinski definition) is 3. The normalized spacial score (nSPS) is 11.2. The van der Waals surface area contributed by atoms with E-state index in [4.69, 9.17) is 0 Å². The van der Waals surface area contributed by atoms with Crippen LogP contribution in [-0.4, -0.2) is 21.4 Å². The number of amides is 1. The number of carbonyl (C=O) groups is 1. The highest BCUT2D eigenvalue weighted by Crippen LogP contribution is 2.14. The van der Waals surface area contributed by atoms with Gasteiger partial charge in [-0.15, -0.1) is 0 Å². The second-order valence-electron chi connectivity index (χ2n) is 5.59. The lowest BCUT2D eigenvalue weighted by atomic mass is 9.94. The molecule has 1 aromatic heterocycles. The van der Waals surface area contributed by atoms with Gasteiger partial charge >= 0.3 is 0 Å². The van der Waals surface area contributed by atoms with E-state index >= 15 is 0 Å². The topological polar surface area (TPSA) is 54.9 Å². The van der Waals surface area contributed by atoms with Gasteiger partial charge in [0, 0.05) is 17.9 Å². The number of hydrogen-bond donors (Lipinski definition) is 1. The quantitative estimate of drug-likeness (QED) is 0.928. The molecule has 1 aromatic carbocycles. The highest BCUT2D eigenvalue weighted by Gasteiger charge is 2.22. The van der Waals surface area contributed by atoms with Crippen LogP contribution in [0.4, 0.5) is 0 Å². The molecule has 0 saturated heterocycles. The molecule has 2 rings (SSSR count). The molecule has 0 spiro atoms. The van der Waals surface area contributed by atoms with Crippen LogP contribution in [0.25, 0.3) is 0 Å². The Labute approximate surface area is 119 Å². The smallest absolute Gasteiger partial charge is 0.271 e. The lowest BCUT2D eigenvalue weighted by Crippen LogP contribution is -2.45. The summed E-state index contributed by atoms with van der Waals surface area (Å²) < 4.78 is 0. The van der Waals surface area contributed by atoms with E-state index in [1.165, 1.54) is 23.5 Å². The van der Waals surface area contributed by atoms with Crippen molar-refractivity contribution in [1.82, 2.24) is 15.3 Å². The second kappa shape index (κ2) is 5.82. The van der Waals surface area contributed by atoms with Crippen LogP contribution in [-0.2, 0) is 6.42 Å². The molecular formula is C16H19N3O. The van der Waals surface area contributed by atoms with Gasteiger partial charge in [-0.1, -0.05) is 29.8 Å². The van der Waals surface area contributed by atoms with Gasteiger partial charge in [-0.05, 0) is 32.8 Å². The van der Waals surface area contributed by atoms with Crippen LogP contribution >= 0.6 is 0 Å². The van der Waals surface area contributed by atoms with E-state index in [-0.39, 0.29) is 11.4 Å². The van der Waals surface area contributed by atoms with Gasteiger partial charge in [0.2, 0.25) is 0 Å². The molecule has 0 aliphatic carbocycles. The van der Waals surface area contributed by atoms with E-state index in [0.717, 1.165) is 6.42 Å². The van der Waals surface area contributed by atoms with E-state index in [0.29, 0.717) is 5.69 Å². The van der Waals surface area contributed by atoms with Crippen molar-refractivity contribution in [2.45, 2.75) is 32.7 Å². The van der Waals surface area contributed by atoms with Crippen LogP contribution in [0.3, 0.4) is 0 Å². The molecule has 20 heavy (non-hydrogen) atoms. The van der Waals surface area contributed by atoms with Gasteiger partial charge in [0.05, 0.1) is 6.20 Å². The van der Waals surface area contributed by atoms with Crippen LogP contribution in [0, 0.1) is 6.92 Å². The second-order valence-corrected chi connectivity index (χ2v) is 5.59. The molecule has 0 radical (unpaired) electrons. The minimum Gasteiger partial charge on any atom is -0.345 e. The fraction of sp³-hybridized carbons (Fsp3) is 0.312. The summed E-state index contributed by atoms with van der Waals surface area (Å²) in [5, 5.41) is 2.99. The van der Waals surface area contributed by atoms with Gasteiger partial charge in [0.25, 0.3) is 5.91 Å². The van der Waals surface area contributed by atoms with Crippen molar-refractivity contribution >= 4 is 5.91 Å². The predicted molar refractivity (Wildman–Crippen MR) is 78.5 cm³/mol. The molecule has 4 nitrogen and oxygen atoms in total. The molecule has 1 N–H and O–H groups in total. The van der Waals surface area contributed by atoms with E-state index in [9.17, 15) is 4.79 Å². The summed E-state index contributed by atoms with van der Waals surface area (Å²) in [4.78, 5) is 20.0. The van der Waals surface area contributed by atoms with E-state index < -0.39 is 0 Å². The minimum atomic E-state index is -0.343. The maximum atomic E-state index is 12.1. The number of aromatic nitrogens is 2. The Hall–Kier alpha value is -2.23. The zero-order valence-corrected chi connectivity index (χ0v) is 12.1. The highest BCUT2D eigenvalue weighted by molar-refractivity contribution is 5.92. The van der Waals surface area contributed by atoms with Crippen molar-refractivity contribution in [3.8, 4) is 0 Å². The molecular weight excluding hydrogens is 250 g/mol. The summed E-state index contributed by atoms with van der Waals surface area (Å²) in [6, 6.07) is 8.34. The summed E-state index contributed by atoms with van der Waals surface area (Å²) in [6.45, 7) is 6.06. The van der Waals surface area contributed by atoms with E-state index in [2.05, 4.69) is 46.5 Å². The third-order valence-corrected chi connectivity index (χ3v) is 3.01. The van der Waals surface area contributed by atoms with Crippen LogP contribution in [0.5, 0.6) is 0 Å². The fourth-order valence-corrected chi connectivity index (χ4v) is 2.05.